The fraction of sp³-hybridized carbons (Fsp3) is 0.391. The van der Waals surface area contributed by atoms with E-state index in [4.69, 9.17) is 9.84 Å². The summed E-state index contributed by atoms with van der Waals surface area (Å²) in [6.45, 7) is 13.2. The van der Waals surface area contributed by atoms with Gasteiger partial charge in [-0.1, -0.05) is 52.0 Å². The van der Waals surface area contributed by atoms with Crippen molar-refractivity contribution < 1.29 is 19.4 Å². The minimum atomic E-state index is -0.614. The number of anilines is 2. The van der Waals surface area contributed by atoms with Crippen LogP contribution in [-0.2, 0) is 11.3 Å². The van der Waals surface area contributed by atoms with E-state index in [2.05, 4.69) is 10.6 Å². The molecule has 29 heavy (non-hydrogen) atoms. The molecule has 2 aromatic carbocycles. The number of amides is 2. The SMILES string of the molecule is CC.CC.CC(C)(C)OC(=O)Nc1ccccc1NC(=O)c1ccc(CO)cc1. The Morgan fingerprint density at radius 2 is 1.34 bits per heavy atom. The Balaban J connectivity index is 0.00000184. The minimum Gasteiger partial charge on any atom is -0.444 e. The highest BCUT2D eigenvalue weighted by atomic mass is 16.6. The smallest absolute Gasteiger partial charge is 0.412 e. The van der Waals surface area contributed by atoms with Gasteiger partial charge in [0.05, 0.1) is 18.0 Å². The first-order chi connectivity index (χ1) is 13.8. The van der Waals surface area contributed by atoms with Crippen molar-refractivity contribution in [3.05, 3.63) is 59.7 Å². The molecule has 6 heteroatoms. The second-order valence-corrected chi connectivity index (χ2v) is 6.48. The first-order valence-electron chi connectivity index (χ1n) is 9.88. The molecule has 0 atom stereocenters. The normalized spacial score (nSPS) is 9.79. The monoisotopic (exact) mass is 402 g/mol. The number of aliphatic hydroxyl groups is 1. The summed E-state index contributed by atoms with van der Waals surface area (Å²) in [7, 11) is 0. The van der Waals surface area contributed by atoms with Crippen LogP contribution in [0.15, 0.2) is 48.5 Å². The average Bonchev–Trinajstić information content (AvgIpc) is 2.71. The zero-order valence-corrected chi connectivity index (χ0v) is 18.5. The standard InChI is InChI=1S/C19H22N2O4.2C2H6/c1-19(2,3)25-18(24)21-16-7-5-4-6-15(16)20-17(23)14-10-8-13(12-22)9-11-14;2*1-2/h4-11,22H,12H2,1-3H3,(H,20,23)(H,21,24);2*1-2H3. The summed E-state index contributed by atoms with van der Waals surface area (Å²) in [6.07, 6.45) is -0.596. The van der Waals surface area contributed by atoms with Crippen LogP contribution in [0.25, 0.3) is 0 Å². The number of nitrogens with one attached hydrogen (secondary N) is 2. The molecule has 2 rings (SSSR count). The maximum Gasteiger partial charge on any atom is 0.412 e. The predicted octanol–water partition coefficient (Wildman–Crippen LogP) is 5.83. The van der Waals surface area contributed by atoms with Gasteiger partial charge in [-0.25, -0.2) is 4.79 Å². The summed E-state index contributed by atoms with van der Waals surface area (Å²) < 4.78 is 5.23. The largest absolute Gasteiger partial charge is 0.444 e. The van der Waals surface area contributed by atoms with Crippen LogP contribution >= 0.6 is 0 Å². The van der Waals surface area contributed by atoms with Gasteiger partial charge in [0.1, 0.15) is 5.60 Å². The Hall–Kier alpha value is -2.86. The van der Waals surface area contributed by atoms with E-state index < -0.39 is 11.7 Å². The molecule has 2 amide bonds. The summed E-state index contributed by atoms with van der Waals surface area (Å²) in [6, 6.07) is 13.5. The molecule has 0 unspecified atom stereocenters. The van der Waals surface area contributed by atoms with Crippen molar-refractivity contribution in [3.63, 3.8) is 0 Å². The van der Waals surface area contributed by atoms with Gasteiger partial charge in [0, 0.05) is 5.56 Å². The minimum absolute atomic E-state index is 0.0788. The van der Waals surface area contributed by atoms with Crippen LogP contribution in [0.2, 0.25) is 0 Å². The Kier molecular flexibility index (Phi) is 12.0. The molecule has 160 valence electrons. The van der Waals surface area contributed by atoms with Crippen LogP contribution in [0, 0.1) is 0 Å². The maximum absolute atomic E-state index is 12.4. The van der Waals surface area contributed by atoms with Gasteiger partial charge < -0.3 is 15.2 Å². The first kappa shape index (κ1) is 26.1. The lowest BCUT2D eigenvalue weighted by molar-refractivity contribution is 0.0635. The summed E-state index contributed by atoms with van der Waals surface area (Å²) in [5.74, 6) is -0.317. The zero-order chi connectivity index (χ0) is 22.4. The Morgan fingerprint density at radius 1 is 0.862 bits per heavy atom. The van der Waals surface area contributed by atoms with E-state index in [0.29, 0.717) is 16.9 Å². The van der Waals surface area contributed by atoms with E-state index >= 15 is 0 Å². The number of ether oxygens (including phenoxy) is 1. The molecule has 2 aromatic rings. The molecule has 0 spiro atoms. The van der Waals surface area contributed by atoms with Crippen LogP contribution < -0.4 is 10.6 Å². The molecule has 0 aromatic heterocycles. The van der Waals surface area contributed by atoms with E-state index in [-0.39, 0.29) is 12.5 Å². The molecule has 0 radical (unpaired) electrons. The second-order valence-electron chi connectivity index (χ2n) is 6.48. The number of hydrogen-bond acceptors (Lipinski definition) is 4. The predicted molar refractivity (Wildman–Crippen MR) is 119 cm³/mol. The molecule has 0 saturated heterocycles. The third-order valence-corrected chi connectivity index (χ3v) is 3.21. The lowest BCUT2D eigenvalue weighted by Gasteiger charge is -2.20. The third-order valence-electron chi connectivity index (χ3n) is 3.21. The topological polar surface area (TPSA) is 87.7 Å². The van der Waals surface area contributed by atoms with E-state index in [0.717, 1.165) is 5.56 Å². The molecule has 0 bridgehead atoms. The second kappa shape index (κ2) is 13.3. The zero-order valence-electron chi connectivity index (χ0n) is 18.5. The van der Waals surface area contributed by atoms with E-state index in [1.165, 1.54) is 0 Å². The number of carbonyl (C=O) groups is 2. The van der Waals surface area contributed by atoms with Crippen LogP contribution in [0.5, 0.6) is 0 Å². The molecule has 3 N–H and O–H groups in total. The third kappa shape index (κ3) is 9.76. The van der Waals surface area contributed by atoms with Crippen LogP contribution in [0.1, 0.15) is 64.4 Å². The first-order valence-corrected chi connectivity index (χ1v) is 9.88. The average molecular weight is 403 g/mol. The van der Waals surface area contributed by atoms with Crippen LogP contribution in [0.3, 0.4) is 0 Å². The van der Waals surface area contributed by atoms with Crippen molar-refractivity contribution in [1.82, 2.24) is 0 Å². The van der Waals surface area contributed by atoms with Crippen molar-refractivity contribution in [2.45, 2.75) is 60.7 Å². The molecular weight excluding hydrogens is 368 g/mol. The Labute approximate surface area is 174 Å². The van der Waals surface area contributed by atoms with Gasteiger partial charge in [-0.2, -0.15) is 0 Å². The summed E-state index contributed by atoms with van der Waals surface area (Å²) >= 11 is 0. The molecule has 0 aliphatic heterocycles. The fourth-order valence-corrected chi connectivity index (χ4v) is 2.07. The highest BCUT2D eigenvalue weighted by Crippen LogP contribution is 2.23. The van der Waals surface area contributed by atoms with Gasteiger partial charge in [-0.05, 0) is 50.6 Å². The van der Waals surface area contributed by atoms with Gasteiger partial charge in [-0.3, -0.25) is 10.1 Å². The van der Waals surface area contributed by atoms with Gasteiger partial charge in [0.2, 0.25) is 0 Å². The van der Waals surface area contributed by atoms with Gasteiger partial charge in [-0.15, -0.1) is 0 Å². The Bertz CT molecular complexity index is 750. The molecule has 0 fully saturated rings. The van der Waals surface area contributed by atoms with E-state index in [1.807, 2.05) is 27.7 Å². The number of hydrogen-bond donors (Lipinski definition) is 3. The summed E-state index contributed by atoms with van der Waals surface area (Å²) in [4.78, 5) is 24.3. The summed E-state index contributed by atoms with van der Waals surface area (Å²) in [5, 5.41) is 14.4. The fourth-order valence-electron chi connectivity index (χ4n) is 2.07. The Morgan fingerprint density at radius 3 is 1.79 bits per heavy atom. The van der Waals surface area contributed by atoms with Crippen LogP contribution in [0.4, 0.5) is 16.2 Å². The van der Waals surface area contributed by atoms with Crippen molar-refractivity contribution in [2.75, 3.05) is 10.6 Å². The number of rotatable bonds is 4. The quantitative estimate of drug-likeness (QED) is 0.600. The number of carbonyl (C=O) groups excluding carboxylic acids is 2. The molecule has 0 aliphatic carbocycles. The molecule has 0 aliphatic rings. The van der Waals surface area contributed by atoms with Gasteiger partial charge in [0.15, 0.2) is 0 Å². The number of aliphatic hydroxyl groups excluding tert-OH is 1. The molecule has 0 heterocycles. The van der Waals surface area contributed by atoms with Crippen molar-refractivity contribution in [1.29, 1.82) is 0 Å². The lowest BCUT2D eigenvalue weighted by Crippen LogP contribution is -2.27. The highest BCUT2D eigenvalue weighted by molar-refractivity contribution is 6.06. The van der Waals surface area contributed by atoms with Crippen LogP contribution in [-0.4, -0.2) is 22.7 Å². The van der Waals surface area contributed by atoms with E-state index in [9.17, 15) is 9.59 Å². The van der Waals surface area contributed by atoms with Crippen molar-refractivity contribution >= 4 is 23.4 Å². The molecule has 0 saturated carbocycles. The molecular formula is C23H34N2O4. The van der Waals surface area contributed by atoms with Gasteiger partial charge >= 0.3 is 6.09 Å². The van der Waals surface area contributed by atoms with Crippen molar-refractivity contribution in [3.8, 4) is 0 Å². The van der Waals surface area contributed by atoms with Crippen molar-refractivity contribution in [2.24, 2.45) is 0 Å². The number of para-hydroxylation sites is 2. The molecule has 6 nitrogen and oxygen atoms in total. The summed E-state index contributed by atoms with van der Waals surface area (Å²) in [5.41, 5.74) is 1.46. The van der Waals surface area contributed by atoms with Gasteiger partial charge in [0.25, 0.3) is 5.91 Å². The highest BCUT2D eigenvalue weighted by Gasteiger charge is 2.17. The maximum atomic E-state index is 12.4. The lowest BCUT2D eigenvalue weighted by atomic mass is 10.1. The number of benzene rings is 2. The van der Waals surface area contributed by atoms with E-state index in [1.54, 1.807) is 69.3 Å².